The number of unbranched alkanes of at least 4 members (excludes halogenated alkanes) is 1. The van der Waals surface area contributed by atoms with Gasteiger partial charge in [-0.15, -0.1) is 0 Å². The molecule has 0 aromatic carbocycles. The van der Waals surface area contributed by atoms with E-state index in [1.807, 2.05) is 13.8 Å². The number of nitrogens with one attached hydrogen (secondary N) is 2. The summed E-state index contributed by atoms with van der Waals surface area (Å²) < 4.78 is 3.21. The summed E-state index contributed by atoms with van der Waals surface area (Å²) in [6.45, 7) is 4.88. The van der Waals surface area contributed by atoms with Crippen molar-refractivity contribution in [2.45, 2.75) is 45.0 Å². The number of aromatic nitrogens is 7. The van der Waals surface area contributed by atoms with Crippen molar-refractivity contribution in [1.82, 2.24) is 34.3 Å². The van der Waals surface area contributed by atoms with E-state index in [4.69, 9.17) is 5.73 Å². The normalized spacial score (nSPS) is 12.8. The number of nitrogens with zero attached hydrogens (tertiary/aromatic N) is 5. The van der Waals surface area contributed by atoms with Crippen molar-refractivity contribution in [2.75, 3.05) is 5.73 Å². The molecule has 25 heavy (non-hydrogen) atoms. The Labute approximate surface area is 147 Å². The lowest BCUT2D eigenvalue weighted by Gasteiger charge is -2.09. The molecule has 0 saturated carbocycles. The lowest BCUT2D eigenvalue weighted by Crippen LogP contribution is -2.31. The molecule has 0 aliphatic heterocycles. The molecule has 0 amide bonds. The third kappa shape index (κ3) is 2.95. The summed E-state index contributed by atoms with van der Waals surface area (Å²) in [7, 11) is 0. The van der Waals surface area contributed by atoms with Crippen molar-refractivity contribution in [3.8, 4) is 0 Å². The van der Waals surface area contributed by atoms with Crippen LogP contribution in [0.5, 0.6) is 0 Å². The fourth-order valence-electron chi connectivity index (χ4n) is 2.77. The Kier molecular flexibility index (Phi) is 4.66. The first-order valence-electron chi connectivity index (χ1n) is 8.07. The molecule has 3 rings (SSSR count). The number of H-pyrrole nitrogens is 2. The standard InChI is InChI=1S/C14H20N8O2S/c1-3-5-6-22-10-7(12(23)18-14(22)24)21(4-2)11(17-10)8(25)9-16-13(15)20-19-9/h8,25H,3-6H2,1-2H3,(H,18,23,24)(H3,15,16,19,20). The van der Waals surface area contributed by atoms with E-state index in [1.54, 1.807) is 4.57 Å². The molecule has 1 unspecified atom stereocenters. The van der Waals surface area contributed by atoms with Gasteiger partial charge in [-0.25, -0.2) is 14.9 Å². The third-order valence-corrected chi connectivity index (χ3v) is 4.44. The van der Waals surface area contributed by atoms with Gasteiger partial charge in [0, 0.05) is 13.1 Å². The maximum Gasteiger partial charge on any atom is 0.330 e. The second kappa shape index (κ2) is 6.75. The van der Waals surface area contributed by atoms with E-state index in [2.05, 4.69) is 37.8 Å². The van der Waals surface area contributed by atoms with Gasteiger partial charge in [-0.2, -0.15) is 22.7 Å². The number of aryl methyl sites for hydroxylation is 2. The average Bonchev–Trinajstić information content (AvgIpc) is 3.18. The van der Waals surface area contributed by atoms with Crippen molar-refractivity contribution in [2.24, 2.45) is 0 Å². The van der Waals surface area contributed by atoms with Crippen LogP contribution in [-0.2, 0) is 13.1 Å². The van der Waals surface area contributed by atoms with Crippen LogP contribution in [0.15, 0.2) is 9.59 Å². The van der Waals surface area contributed by atoms with Crippen LogP contribution in [0.25, 0.3) is 11.2 Å². The van der Waals surface area contributed by atoms with Gasteiger partial charge in [0.2, 0.25) is 5.95 Å². The quantitative estimate of drug-likeness (QED) is 0.467. The molecule has 3 aromatic heterocycles. The molecule has 0 aliphatic rings. The second-order valence-corrected chi connectivity index (χ2v) is 6.15. The number of nitrogens with two attached hydrogens (primary N) is 1. The first kappa shape index (κ1) is 17.3. The van der Waals surface area contributed by atoms with Gasteiger partial charge in [0.05, 0.1) is 0 Å². The second-order valence-electron chi connectivity index (χ2n) is 5.63. The summed E-state index contributed by atoms with van der Waals surface area (Å²) in [6.07, 6.45) is 1.72. The maximum absolute atomic E-state index is 12.4. The Balaban J connectivity index is 2.25. The molecule has 1 atom stereocenters. The molecule has 3 heterocycles. The molecule has 0 saturated heterocycles. The average molecular weight is 364 g/mol. The molecule has 10 nitrogen and oxygen atoms in total. The largest absolute Gasteiger partial charge is 0.368 e. The molecule has 0 radical (unpaired) electrons. The third-order valence-electron chi connectivity index (χ3n) is 3.98. The molecule has 11 heteroatoms. The Hall–Kier alpha value is -2.56. The van der Waals surface area contributed by atoms with Gasteiger partial charge in [-0.3, -0.25) is 14.3 Å². The molecule has 0 aliphatic carbocycles. The van der Waals surface area contributed by atoms with Crippen LogP contribution < -0.4 is 17.0 Å². The summed E-state index contributed by atoms with van der Waals surface area (Å²) in [5, 5.41) is 5.97. The summed E-state index contributed by atoms with van der Waals surface area (Å²) in [4.78, 5) is 35.6. The number of thiol groups is 1. The smallest absolute Gasteiger partial charge is 0.330 e. The minimum absolute atomic E-state index is 0.172. The molecule has 4 N–H and O–H groups in total. The van der Waals surface area contributed by atoms with Gasteiger partial charge in [0.25, 0.3) is 5.56 Å². The molecule has 0 fully saturated rings. The van der Waals surface area contributed by atoms with E-state index < -0.39 is 16.5 Å². The number of hydrogen-bond acceptors (Lipinski definition) is 7. The summed E-state index contributed by atoms with van der Waals surface area (Å²) in [6, 6.07) is 0. The molecule has 0 spiro atoms. The molecule has 134 valence electrons. The molecular weight excluding hydrogens is 344 g/mol. The van der Waals surface area contributed by atoms with Gasteiger partial charge in [-0.1, -0.05) is 13.3 Å². The van der Waals surface area contributed by atoms with Crippen LogP contribution in [0.2, 0.25) is 0 Å². The Morgan fingerprint density at radius 2 is 2.00 bits per heavy atom. The Morgan fingerprint density at radius 1 is 1.24 bits per heavy atom. The minimum atomic E-state index is -0.588. The number of fused-ring (bicyclic) bond motifs is 1. The van der Waals surface area contributed by atoms with Gasteiger partial charge < -0.3 is 10.3 Å². The van der Waals surface area contributed by atoms with Crippen molar-refractivity contribution >= 4 is 29.7 Å². The van der Waals surface area contributed by atoms with E-state index >= 15 is 0 Å². The molecular formula is C14H20N8O2S. The fraction of sp³-hybridized carbons (Fsp3) is 0.500. The van der Waals surface area contributed by atoms with Gasteiger partial charge in [0.15, 0.2) is 17.0 Å². The van der Waals surface area contributed by atoms with Crippen LogP contribution in [-0.4, -0.2) is 34.3 Å². The Bertz CT molecular complexity index is 1010. The topological polar surface area (TPSA) is 140 Å². The van der Waals surface area contributed by atoms with Crippen LogP contribution in [0.3, 0.4) is 0 Å². The van der Waals surface area contributed by atoms with E-state index in [9.17, 15) is 9.59 Å². The molecule has 0 bridgehead atoms. The predicted octanol–water partition coefficient (Wildman–Crippen LogP) is 0.426. The van der Waals surface area contributed by atoms with Gasteiger partial charge in [0.1, 0.15) is 11.1 Å². The van der Waals surface area contributed by atoms with E-state index in [0.29, 0.717) is 35.9 Å². The zero-order valence-electron chi connectivity index (χ0n) is 14.0. The number of imidazole rings is 1. The highest BCUT2D eigenvalue weighted by molar-refractivity contribution is 7.80. The number of anilines is 1. The number of nitrogen functional groups attached to an aromatic ring is 1. The van der Waals surface area contributed by atoms with Crippen molar-refractivity contribution in [3.63, 3.8) is 0 Å². The van der Waals surface area contributed by atoms with Gasteiger partial charge >= 0.3 is 5.69 Å². The zero-order valence-corrected chi connectivity index (χ0v) is 14.9. The predicted molar refractivity (Wildman–Crippen MR) is 96.8 cm³/mol. The first-order valence-corrected chi connectivity index (χ1v) is 8.58. The zero-order chi connectivity index (χ0) is 18.1. The summed E-state index contributed by atoms with van der Waals surface area (Å²) in [5.41, 5.74) is 5.33. The highest BCUT2D eigenvalue weighted by Crippen LogP contribution is 2.27. The minimum Gasteiger partial charge on any atom is -0.368 e. The van der Waals surface area contributed by atoms with Gasteiger partial charge in [-0.05, 0) is 13.3 Å². The SMILES string of the molecule is CCCCn1c(=O)[nH]c(=O)c2c1nc(C(S)c1n[nH]c(N)n1)n2CC. The van der Waals surface area contributed by atoms with Crippen molar-refractivity contribution in [1.29, 1.82) is 0 Å². The van der Waals surface area contributed by atoms with Crippen LogP contribution >= 0.6 is 12.6 Å². The van der Waals surface area contributed by atoms with Crippen molar-refractivity contribution < 1.29 is 0 Å². The van der Waals surface area contributed by atoms with Crippen LogP contribution in [0.1, 0.15) is 43.6 Å². The number of hydrogen-bond donors (Lipinski definition) is 4. The first-order chi connectivity index (χ1) is 12.0. The summed E-state index contributed by atoms with van der Waals surface area (Å²) >= 11 is 4.54. The van der Waals surface area contributed by atoms with E-state index in [1.165, 1.54) is 4.57 Å². The van der Waals surface area contributed by atoms with Crippen LogP contribution in [0.4, 0.5) is 5.95 Å². The lowest BCUT2D eigenvalue weighted by atomic mass is 10.3. The molecule has 3 aromatic rings. The Morgan fingerprint density at radius 3 is 2.60 bits per heavy atom. The number of rotatable bonds is 6. The lowest BCUT2D eigenvalue weighted by molar-refractivity contribution is 0.613. The van der Waals surface area contributed by atoms with Crippen molar-refractivity contribution in [3.05, 3.63) is 32.5 Å². The van der Waals surface area contributed by atoms with E-state index in [-0.39, 0.29) is 5.95 Å². The highest BCUT2D eigenvalue weighted by Gasteiger charge is 2.25. The fourth-order valence-corrected chi connectivity index (χ4v) is 3.08. The highest BCUT2D eigenvalue weighted by atomic mass is 32.1. The van der Waals surface area contributed by atoms with E-state index in [0.717, 1.165) is 12.8 Å². The number of aromatic amines is 2. The van der Waals surface area contributed by atoms with Crippen LogP contribution in [0, 0.1) is 0 Å². The monoisotopic (exact) mass is 364 g/mol. The maximum atomic E-state index is 12.4. The summed E-state index contributed by atoms with van der Waals surface area (Å²) in [5.74, 6) is 1.01.